The van der Waals surface area contributed by atoms with E-state index < -0.39 is 0 Å². The molecule has 0 aromatic heterocycles. The van der Waals surface area contributed by atoms with E-state index >= 15 is 0 Å². The van der Waals surface area contributed by atoms with E-state index in [1.807, 2.05) is 60.7 Å². The Hall–Kier alpha value is -1.97. The van der Waals surface area contributed by atoms with Gasteiger partial charge in [0.15, 0.2) is 0 Å². The van der Waals surface area contributed by atoms with Gasteiger partial charge in [0.1, 0.15) is 5.75 Å². The van der Waals surface area contributed by atoms with Crippen molar-refractivity contribution >= 4 is 11.4 Å². The van der Waals surface area contributed by atoms with Crippen molar-refractivity contribution in [3.8, 4) is 16.9 Å². The second-order valence-corrected chi connectivity index (χ2v) is 8.29. The summed E-state index contributed by atoms with van der Waals surface area (Å²) in [5, 5.41) is 4.76. The average Bonchev–Trinajstić information content (AvgIpc) is 2.96. The van der Waals surface area contributed by atoms with Crippen molar-refractivity contribution in [3.05, 3.63) is 107 Å². The Bertz CT molecular complexity index is 1110. The molecule has 0 fully saturated rings. The van der Waals surface area contributed by atoms with E-state index in [9.17, 15) is 0 Å². The van der Waals surface area contributed by atoms with E-state index in [0.29, 0.717) is 0 Å². The molecule has 0 bridgehead atoms. The number of para-hydroxylation sites is 3. The summed E-state index contributed by atoms with van der Waals surface area (Å²) in [4.78, 5) is 0. The molecule has 1 aliphatic rings. The molecule has 0 atom stereocenters. The van der Waals surface area contributed by atoms with Gasteiger partial charge in [-0.15, -0.1) is 12.6 Å². The normalized spacial score (nSPS) is 13.2. The Kier molecular flexibility index (Phi) is 13.6. The van der Waals surface area contributed by atoms with Crippen LogP contribution in [0.3, 0.4) is 0 Å². The van der Waals surface area contributed by atoms with Crippen molar-refractivity contribution in [1.82, 2.24) is 0 Å². The van der Waals surface area contributed by atoms with Crippen LogP contribution in [0.15, 0.2) is 95.6 Å². The maximum absolute atomic E-state index is 5.37. The zero-order valence-electron chi connectivity index (χ0n) is 20.6. The Balaban J connectivity index is 0.000000721. The molecule has 0 saturated carbocycles. The standard InChI is InChI=1S/C19H16NO.C10H15.2ClH.Ti/c1-21-19-14-8-7-13-18(19)20-17-12-6-5-11-16(17)15-9-3-2-4-10-15;1-7-6-10(4,5)9(3)8(7)2;;;/h2-14H,1H3;1-5H3;2*1H;/q2*-1;;;+4/p-2. The van der Waals surface area contributed by atoms with Crippen LogP contribution >= 0.6 is 0 Å². The molecule has 0 N–H and O–H groups in total. The van der Waals surface area contributed by atoms with Crippen LogP contribution in [-0.2, 0) is 21.7 Å². The zero-order valence-corrected chi connectivity index (χ0v) is 23.7. The molecular weight excluding hydrogens is 497 g/mol. The van der Waals surface area contributed by atoms with Crippen LogP contribution < -0.4 is 29.6 Å². The molecule has 3 aromatic rings. The van der Waals surface area contributed by atoms with E-state index in [1.54, 1.807) is 7.11 Å². The molecule has 0 saturated heterocycles. The fourth-order valence-electron chi connectivity index (χ4n) is 3.69. The van der Waals surface area contributed by atoms with Crippen molar-refractivity contribution in [2.24, 2.45) is 5.41 Å². The second kappa shape index (κ2) is 14.4. The number of hydrogen-bond donors (Lipinski definition) is 0. The van der Waals surface area contributed by atoms with Gasteiger partial charge in [-0.05, 0) is 17.2 Å². The maximum Gasteiger partial charge on any atom is 4.00 e. The average molecular weight is 528 g/mol. The predicted octanol–water partition coefficient (Wildman–Crippen LogP) is 2.82. The molecule has 1 aliphatic carbocycles. The van der Waals surface area contributed by atoms with Gasteiger partial charge in [0.05, 0.1) is 7.11 Å². The quantitative estimate of drug-likeness (QED) is 0.378. The van der Waals surface area contributed by atoms with E-state index in [2.05, 4.69) is 58.9 Å². The summed E-state index contributed by atoms with van der Waals surface area (Å²) >= 11 is 0. The largest absolute Gasteiger partial charge is 4.00 e. The summed E-state index contributed by atoms with van der Waals surface area (Å²) in [7, 11) is 1.66. The number of allylic oxidation sites excluding steroid dienone is 4. The third kappa shape index (κ3) is 7.78. The minimum absolute atomic E-state index is 0. The molecular formula is C29H31Cl2NOTi. The third-order valence-corrected chi connectivity index (χ3v) is 5.88. The van der Waals surface area contributed by atoms with Gasteiger partial charge >= 0.3 is 21.7 Å². The molecule has 0 amide bonds. The molecule has 0 heterocycles. The number of methoxy groups -OCH3 is 1. The van der Waals surface area contributed by atoms with Gasteiger partial charge in [-0.3, -0.25) is 6.08 Å². The van der Waals surface area contributed by atoms with Gasteiger partial charge < -0.3 is 34.9 Å². The van der Waals surface area contributed by atoms with Crippen molar-refractivity contribution in [1.29, 1.82) is 0 Å². The number of nitrogens with zero attached hydrogens (tertiary/aromatic N) is 1. The fraction of sp³-hybridized carbons (Fsp3) is 0.241. The van der Waals surface area contributed by atoms with E-state index in [1.165, 1.54) is 16.7 Å². The van der Waals surface area contributed by atoms with E-state index in [4.69, 9.17) is 10.1 Å². The minimum atomic E-state index is 0. The summed E-state index contributed by atoms with van der Waals surface area (Å²) in [6, 6.07) is 26.2. The van der Waals surface area contributed by atoms with Gasteiger partial charge in [-0.25, -0.2) is 5.57 Å². The molecule has 2 nitrogen and oxygen atoms in total. The number of hydrogen-bond acceptors (Lipinski definition) is 1. The smallest absolute Gasteiger partial charge is 1.00 e. The molecule has 4 rings (SSSR count). The van der Waals surface area contributed by atoms with Gasteiger partial charge in [-0.1, -0.05) is 112 Å². The Morgan fingerprint density at radius 1 is 0.735 bits per heavy atom. The van der Waals surface area contributed by atoms with Crippen molar-refractivity contribution < 1.29 is 51.3 Å². The SMILES string of the molecule is CC1=[C-]C(C)(C)C(C)=C1C.COc1ccccc1[N-]c1ccccc1-c1ccccc1.[Cl-].[Cl-].[Ti+4]. The Labute approximate surface area is 232 Å². The van der Waals surface area contributed by atoms with Crippen molar-refractivity contribution in [2.45, 2.75) is 34.6 Å². The monoisotopic (exact) mass is 527 g/mol. The second-order valence-electron chi connectivity index (χ2n) is 8.29. The van der Waals surface area contributed by atoms with Gasteiger partial charge in [0, 0.05) is 0 Å². The van der Waals surface area contributed by atoms with Gasteiger partial charge in [-0.2, -0.15) is 11.1 Å². The summed E-state index contributed by atoms with van der Waals surface area (Å²) in [6.07, 6.45) is 3.44. The topological polar surface area (TPSA) is 23.3 Å². The van der Waals surface area contributed by atoms with Crippen LogP contribution in [0.5, 0.6) is 5.75 Å². The maximum atomic E-state index is 5.37. The Morgan fingerprint density at radius 2 is 1.26 bits per heavy atom. The molecule has 34 heavy (non-hydrogen) atoms. The first kappa shape index (κ1) is 32.0. The van der Waals surface area contributed by atoms with Gasteiger partial charge in [0.2, 0.25) is 0 Å². The first-order valence-corrected chi connectivity index (χ1v) is 10.6. The number of halogens is 2. The van der Waals surface area contributed by atoms with Crippen LogP contribution in [0.1, 0.15) is 34.6 Å². The van der Waals surface area contributed by atoms with Crippen LogP contribution in [0.4, 0.5) is 11.4 Å². The molecule has 0 unspecified atom stereocenters. The first-order valence-electron chi connectivity index (χ1n) is 10.6. The summed E-state index contributed by atoms with van der Waals surface area (Å²) in [5.41, 5.74) is 8.44. The first-order chi connectivity index (χ1) is 14.8. The van der Waals surface area contributed by atoms with Crippen LogP contribution in [0.25, 0.3) is 16.4 Å². The molecule has 176 valence electrons. The van der Waals surface area contributed by atoms with E-state index in [0.717, 1.165) is 28.3 Å². The molecule has 0 spiro atoms. The minimum Gasteiger partial charge on any atom is -1.00 e. The van der Waals surface area contributed by atoms with Crippen LogP contribution in [0.2, 0.25) is 0 Å². The van der Waals surface area contributed by atoms with Gasteiger partial charge in [0.25, 0.3) is 0 Å². The summed E-state index contributed by atoms with van der Waals surface area (Å²) in [6.45, 7) is 10.9. The fourth-order valence-corrected chi connectivity index (χ4v) is 3.69. The number of rotatable bonds is 4. The van der Waals surface area contributed by atoms with Crippen molar-refractivity contribution in [3.63, 3.8) is 0 Å². The van der Waals surface area contributed by atoms with Crippen LogP contribution in [0, 0.1) is 11.5 Å². The van der Waals surface area contributed by atoms with Crippen molar-refractivity contribution in [2.75, 3.05) is 7.11 Å². The summed E-state index contributed by atoms with van der Waals surface area (Å²) < 4.78 is 5.37. The summed E-state index contributed by atoms with van der Waals surface area (Å²) in [5.74, 6) is 0.778. The molecule has 5 heteroatoms. The molecule has 0 aliphatic heterocycles. The Morgan fingerprint density at radius 3 is 1.76 bits per heavy atom. The zero-order chi connectivity index (χ0) is 22.4. The van der Waals surface area contributed by atoms with E-state index in [-0.39, 0.29) is 51.9 Å². The predicted molar refractivity (Wildman–Crippen MR) is 132 cm³/mol. The van der Waals surface area contributed by atoms with Crippen LogP contribution in [-0.4, -0.2) is 7.11 Å². The molecule has 0 radical (unpaired) electrons. The number of benzene rings is 3. The number of ether oxygens (including phenoxy) is 1. The molecule has 3 aromatic carbocycles. The third-order valence-electron chi connectivity index (χ3n) is 5.88.